The highest BCUT2D eigenvalue weighted by atomic mass is 16.4. The first kappa shape index (κ1) is 14.5. The Hall–Kier alpha value is -1.40. The number of nitrogens with one attached hydrogen (secondary N) is 1. The zero-order chi connectivity index (χ0) is 14.9. The number of nitrogens with zero attached hydrogens (tertiary/aromatic N) is 2. The fourth-order valence-corrected chi connectivity index (χ4v) is 3.66. The summed E-state index contributed by atoms with van der Waals surface area (Å²) >= 11 is 0. The quantitative estimate of drug-likeness (QED) is 0.780. The lowest BCUT2D eigenvalue weighted by atomic mass is 9.85. The topological polar surface area (TPSA) is 95.2 Å². The number of aliphatic carboxylic acids is 1. The molecular weight excluding hydrogens is 268 g/mol. The molecule has 0 spiro atoms. The summed E-state index contributed by atoms with van der Waals surface area (Å²) in [6, 6.07) is 0. The minimum absolute atomic E-state index is 0.414. The lowest BCUT2D eigenvalue weighted by Crippen LogP contribution is -2.50. The summed E-state index contributed by atoms with van der Waals surface area (Å²) in [6.45, 7) is 1.89. The van der Waals surface area contributed by atoms with Crippen LogP contribution in [-0.4, -0.2) is 44.8 Å². The number of rotatable bonds is 4. The van der Waals surface area contributed by atoms with Crippen molar-refractivity contribution >= 4 is 5.97 Å². The maximum absolute atomic E-state index is 11.2. The van der Waals surface area contributed by atoms with E-state index in [0.717, 1.165) is 13.1 Å². The lowest BCUT2D eigenvalue weighted by molar-refractivity contribution is -0.142. The van der Waals surface area contributed by atoms with Crippen LogP contribution in [0.25, 0.3) is 0 Å². The molecule has 0 amide bonds. The number of H-pyrrole nitrogens is 1. The van der Waals surface area contributed by atoms with Crippen molar-refractivity contribution in [2.45, 2.75) is 56.5 Å². The van der Waals surface area contributed by atoms with Gasteiger partial charge >= 0.3 is 5.97 Å². The first-order valence-corrected chi connectivity index (χ1v) is 7.85. The molecule has 4 N–H and O–H groups in total. The van der Waals surface area contributed by atoms with E-state index in [0.29, 0.717) is 18.9 Å². The van der Waals surface area contributed by atoms with E-state index in [2.05, 4.69) is 15.1 Å². The fourth-order valence-electron chi connectivity index (χ4n) is 3.66. The Morgan fingerprint density at radius 1 is 1.48 bits per heavy atom. The standard InChI is InChI=1S/C15H24N4O2/c16-15(14(20)21)6-7-19(10-15)9-12-8-17-18-13(12)11-4-2-1-3-5-11/h8,11H,1-7,9-10,16H2,(H,17,18)(H,20,21). The lowest BCUT2D eigenvalue weighted by Gasteiger charge is -2.23. The molecule has 3 rings (SSSR count). The molecule has 0 aromatic carbocycles. The summed E-state index contributed by atoms with van der Waals surface area (Å²) in [5.74, 6) is -0.314. The van der Waals surface area contributed by atoms with E-state index in [1.807, 2.05) is 6.20 Å². The predicted octanol–water partition coefficient (Wildman–Crippen LogP) is 1.45. The monoisotopic (exact) mass is 292 g/mol. The third-order valence-electron chi connectivity index (χ3n) is 4.96. The number of likely N-dealkylation sites (tertiary alicyclic amines) is 1. The van der Waals surface area contributed by atoms with Crippen molar-refractivity contribution in [1.82, 2.24) is 15.1 Å². The van der Waals surface area contributed by atoms with Gasteiger partial charge in [-0.05, 0) is 19.3 Å². The summed E-state index contributed by atoms with van der Waals surface area (Å²) in [5, 5.41) is 16.6. The maximum Gasteiger partial charge on any atom is 0.325 e. The SMILES string of the molecule is NC1(C(=O)O)CCN(Cc2cn[nH]c2C2CCCCC2)C1. The molecule has 1 aromatic rings. The van der Waals surface area contributed by atoms with Gasteiger partial charge in [0.05, 0.1) is 6.20 Å². The molecule has 0 radical (unpaired) electrons. The van der Waals surface area contributed by atoms with Gasteiger partial charge in [0, 0.05) is 36.8 Å². The third-order valence-corrected chi connectivity index (χ3v) is 4.96. The third kappa shape index (κ3) is 2.96. The van der Waals surface area contributed by atoms with Gasteiger partial charge in [-0.3, -0.25) is 14.8 Å². The second kappa shape index (κ2) is 5.77. The second-order valence-corrected chi connectivity index (χ2v) is 6.57. The van der Waals surface area contributed by atoms with Gasteiger partial charge < -0.3 is 10.8 Å². The van der Waals surface area contributed by atoms with Crippen molar-refractivity contribution in [2.24, 2.45) is 5.73 Å². The molecule has 116 valence electrons. The molecule has 2 heterocycles. The highest BCUT2D eigenvalue weighted by Crippen LogP contribution is 2.34. The van der Waals surface area contributed by atoms with Crippen LogP contribution >= 0.6 is 0 Å². The highest BCUT2D eigenvalue weighted by molar-refractivity contribution is 5.79. The molecule has 2 aliphatic rings. The van der Waals surface area contributed by atoms with E-state index in [1.54, 1.807) is 0 Å². The molecule has 1 aliphatic heterocycles. The minimum Gasteiger partial charge on any atom is -0.480 e. The number of aromatic nitrogens is 2. The van der Waals surface area contributed by atoms with E-state index in [4.69, 9.17) is 5.73 Å². The summed E-state index contributed by atoms with van der Waals surface area (Å²) in [4.78, 5) is 13.3. The molecule has 1 saturated heterocycles. The Kier molecular flexibility index (Phi) is 3.99. The molecule has 1 aliphatic carbocycles. The normalized spacial score (nSPS) is 28.0. The van der Waals surface area contributed by atoms with Crippen LogP contribution < -0.4 is 5.73 Å². The van der Waals surface area contributed by atoms with Crippen LogP contribution in [0.1, 0.15) is 55.7 Å². The number of carbonyl (C=O) groups is 1. The van der Waals surface area contributed by atoms with Gasteiger partial charge in [-0.2, -0.15) is 5.10 Å². The van der Waals surface area contributed by atoms with Gasteiger partial charge in [0.25, 0.3) is 0 Å². The molecule has 1 saturated carbocycles. The number of hydrogen-bond acceptors (Lipinski definition) is 4. The zero-order valence-corrected chi connectivity index (χ0v) is 12.3. The highest BCUT2D eigenvalue weighted by Gasteiger charge is 2.41. The average molecular weight is 292 g/mol. The molecule has 1 unspecified atom stereocenters. The van der Waals surface area contributed by atoms with Gasteiger partial charge in [-0.25, -0.2) is 0 Å². The van der Waals surface area contributed by atoms with Gasteiger partial charge in [-0.15, -0.1) is 0 Å². The van der Waals surface area contributed by atoms with E-state index >= 15 is 0 Å². The molecule has 1 aromatic heterocycles. The predicted molar refractivity (Wildman–Crippen MR) is 78.9 cm³/mol. The largest absolute Gasteiger partial charge is 0.480 e. The minimum atomic E-state index is -1.09. The van der Waals surface area contributed by atoms with Crippen molar-refractivity contribution in [1.29, 1.82) is 0 Å². The van der Waals surface area contributed by atoms with Crippen molar-refractivity contribution in [3.63, 3.8) is 0 Å². The summed E-state index contributed by atoms with van der Waals surface area (Å²) in [5.41, 5.74) is 7.30. The molecule has 6 heteroatoms. The van der Waals surface area contributed by atoms with Crippen molar-refractivity contribution in [3.05, 3.63) is 17.5 Å². The smallest absolute Gasteiger partial charge is 0.325 e. The van der Waals surface area contributed by atoms with E-state index in [1.165, 1.54) is 43.4 Å². The molecule has 21 heavy (non-hydrogen) atoms. The van der Waals surface area contributed by atoms with Crippen LogP contribution in [0.4, 0.5) is 0 Å². The molecule has 1 atom stereocenters. The van der Waals surface area contributed by atoms with Gasteiger partial charge in [0.1, 0.15) is 5.54 Å². The van der Waals surface area contributed by atoms with Crippen molar-refractivity contribution < 1.29 is 9.90 Å². The maximum atomic E-state index is 11.2. The summed E-state index contributed by atoms with van der Waals surface area (Å²) in [6.07, 6.45) is 8.77. The number of aromatic amines is 1. The summed E-state index contributed by atoms with van der Waals surface area (Å²) < 4.78 is 0. The van der Waals surface area contributed by atoms with Crippen LogP contribution in [0.5, 0.6) is 0 Å². The van der Waals surface area contributed by atoms with Crippen LogP contribution in [0.15, 0.2) is 6.20 Å². The Morgan fingerprint density at radius 3 is 2.90 bits per heavy atom. The molecule has 0 bridgehead atoms. The Bertz CT molecular complexity index is 510. The number of nitrogens with two attached hydrogens (primary N) is 1. The Labute approximate surface area is 124 Å². The van der Waals surface area contributed by atoms with Crippen LogP contribution in [0, 0.1) is 0 Å². The molecular formula is C15H24N4O2. The van der Waals surface area contributed by atoms with E-state index in [9.17, 15) is 9.90 Å². The second-order valence-electron chi connectivity index (χ2n) is 6.57. The van der Waals surface area contributed by atoms with Gasteiger partial charge in [0.2, 0.25) is 0 Å². The molecule has 6 nitrogen and oxygen atoms in total. The number of carboxylic acid groups (broad SMARTS) is 1. The zero-order valence-electron chi connectivity index (χ0n) is 12.3. The average Bonchev–Trinajstić information content (AvgIpc) is 3.08. The number of carboxylic acids is 1. The van der Waals surface area contributed by atoms with Crippen LogP contribution in [0.3, 0.4) is 0 Å². The first-order chi connectivity index (χ1) is 10.1. The summed E-state index contributed by atoms with van der Waals surface area (Å²) in [7, 11) is 0. The van der Waals surface area contributed by atoms with Crippen LogP contribution in [-0.2, 0) is 11.3 Å². The Morgan fingerprint density at radius 2 is 2.24 bits per heavy atom. The first-order valence-electron chi connectivity index (χ1n) is 7.85. The van der Waals surface area contributed by atoms with Gasteiger partial charge in [-0.1, -0.05) is 19.3 Å². The van der Waals surface area contributed by atoms with Crippen molar-refractivity contribution in [2.75, 3.05) is 13.1 Å². The van der Waals surface area contributed by atoms with E-state index in [-0.39, 0.29) is 0 Å². The Balaban J connectivity index is 1.66. The van der Waals surface area contributed by atoms with Crippen molar-refractivity contribution in [3.8, 4) is 0 Å². The van der Waals surface area contributed by atoms with Crippen LogP contribution in [0.2, 0.25) is 0 Å². The van der Waals surface area contributed by atoms with E-state index < -0.39 is 11.5 Å². The van der Waals surface area contributed by atoms with Gasteiger partial charge in [0.15, 0.2) is 0 Å². The fraction of sp³-hybridized carbons (Fsp3) is 0.733. The molecule has 2 fully saturated rings. The number of hydrogen-bond donors (Lipinski definition) is 3.